The number of halogens is 1. The van der Waals surface area contributed by atoms with Gasteiger partial charge in [0.1, 0.15) is 0 Å². The summed E-state index contributed by atoms with van der Waals surface area (Å²) in [5, 5.41) is 27.8. The largest absolute Gasteiger partial charge is 0.493 e. The molecule has 0 bridgehead atoms. The maximum Gasteiger partial charge on any atom is 0.238 e. The van der Waals surface area contributed by atoms with Crippen LogP contribution in [0.2, 0.25) is 0 Å². The molecular formula is C22H18BrN5O3S2. The summed E-state index contributed by atoms with van der Waals surface area (Å²) in [6.07, 6.45) is 0. The zero-order valence-electron chi connectivity index (χ0n) is 17.0. The number of rotatable bonds is 5. The van der Waals surface area contributed by atoms with E-state index in [1.165, 1.54) is 18.2 Å². The second-order valence-electron chi connectivity index (χ2n) is 7.11. The number of azo groups is 1. The van der Waals surface area contributed by atoms with Gasteiger partial charge in [-0.25, -0.2) is 13.6 Å². The normalized spacial score (nSPS) is 11.8. The van der Waals surface area contributed by atoms with E-state index in [-0.39, 0.29) is 21.6 Å². The number of thiocarbonyl (C=S) groups is 1. The molecule has 0 saturated heterocycles. The van der Waals surface area contributed by atoms with Crippen LogP contribution in [-0.2, 0) is 16.6 Å². The molecule has 4 N–H and O–H groups in total. The predicted octanol–water partition coefficient (Wildman–Crippen LogP) is 5.29. The molecule has 1 aromatic heterocycles. The van der Waals surface area contributed by atoms with Crippen LogP contribution in [0.15, 0.2) is 92.4 Å². The van der Waals surface area contributed by atoms with E-state index < -0.39 is 10.0 Å². The average Bonchev–Trinajstić information content (AvgIpc) is 3.03. The number of nitrogens with two attached hydrogens (primary N) is 1. The number of sulfonamides is 1. The van der Waals surface area contributed by atoms with E-state index >= 15 is 0 Å². The molecule has 0 spiro atoms. The van der Waals surface area contributed by atoms with Gasteiger partial charge in [0.2, 0.25) is 21.0 Å². The van der Waals surface area contributed by atoms with E-state index in [1.54, 1.807) is 10.6 Å². The molecule has 1 heterocycles. The zero-order valence-corrected chi connectivity index (χ0v) is 20.2. The highest BCUT2D eigenvalue weighted by atomic mass is 79.9. The lowest BCUT2D eigenvalue weighted by Gasteiger charge is -2.07. The number of aromatic hydroxyl groups is 1. The molecule has 0 unspecified atom stereocenters. The van der Waals surface area contributed by atoms with Crippen LogP contribution in [-0.4, -0.2) is 23.2 Å². The first-order valence-corrected chi connectivity index (χ1v) is 12.4. The van der Waals surface area contributed by atoms with Crippen LogP contribution in [0, 0.1) is 0 Å². The van der Waals surface area contributed by atoms with Crippen molar-refractivity contribution in [1.29, 1.82) is 0 Å². The van der Waals surface area contributed by atoms with E-state index in [0.717, 1.165) is 15.6 Å². The highest BCUT2D eigenvalue weighted by Crippen LogP contribution is 2.40. The second kappa shape index (κ2) is 9.40. The Morgan fingerprint density at radius 2 is 1.85 bits per heavy atom. The van der Waals surface area contributed by atoms with Gasteiger partial charge in [0.05, 0.1) is 17.0 Å². The Kier molecular flexibility index (Phi) is 6.56. The number of fused-ring (bicyclic) bond motifs is 1. The topological polar surface area (TPSA) is 122 Å². The Morgan fingerprint density at radius 1 is 1.09 bits per heavy atom. The summed E-state index contributed by atoms with van der Waals surface area (Å²) >= 11 is 8.70. The molecular weight excluding hydrogens is 526 g/mol. The van der Waals surface area contributed by atoms with Crippen molar-refractivity contribution in [2.45, 2.75) is 11.4 Å². The third kappa shape index (κ3) is 5.28. The van der Waals surface area contributed by atoms with Gasteiger partial charge in [-0.1, -0.05) is 52.3 Å². The number of aromatic nitrogens is 1. The van der Waals surface area contributed by atoms with Crippen LogP contribution in [0.1, 0.15) is 5.56 Å². The summed E-state index contributed by atoms with van der Waals surface area (Å²) in [5.41, 5.74) is 2.46. The molecule has 8 nitrogen and oxygen atoms in total. The molecule has 3 aromatic carbocycles. The van der Waals surface area contributed by atoms with Gasteiger partial charge in [0.25, 0.3) is 0 Å². The third-order valence-corrected chi connectivity index (χ3v) is 6.40. The quantitative estimate of drug-likeness (QED) is 0.233. The Bertz CT molecular complexity index is 1480. The van der Waals surface area contributed by atoms with Crippen molar-refractivity contribution in [1.82, 2.24) is 4.57 Å². The van der Waals surface area contributed by atoms with Crippen LogP contribution < -0.4 is 10.5 Å². The molecule has 168 valence electrons. The first kappa shape index (κ1) is 23.1. The fourth-order valence-corrected chi connectivity index (χ4v) is 4.38. The number of hydrogen-bond acceptors (Lipinski definition) is 5. The molecule has 0 radical (unpaired) electrons. The van der Waals surface area contributed by atoms with Crippen LogP contribution in [0.4, 0.5) is 11.4 Å². The molecule has 0 atom stereocenters. The molecule has 0 fully saturated rings. The van der Waals surface area contributed by atoms with Gasteiger partial charge in [0.15, 0.2) is 5.69 Å². The van der Waals surface area contributed by atoms with Gasteiger partial charge in [-0.2, -0.15) is 0 Å². The minimum atomic E-state index is -3.85. The first-order valence-electron chi connectivity index (χ1n) is 9.62. The molecule has 0 aliphatic rings. The molecule has 4 rings (SSSR count). The van der Waals surface area contributed by atoms with Crippen LogP contribution >= 0.6 is 28.1 Å². The van der Waals surface area contributed by atoms with Crippen molar-refractivity contribution >= 4 is 65.6 Å². The molecule has 33 heavy (non-hydrogen) atoms. The van der Waals surface area contributed by atoms with E-state index in [4.69, 9.17) is 17.4 Å². The number of benzene rings is 3. The monoisotopic (exact) mass is 543 g/mol. The summed E-state index contributed by atoms with van der Waals surface area (Å²) in [5.74, 6) is -0.0466. The van der Waals surface area contributed by atoms with Gasteiger partial charge in [0, 0.05) is 15.5 Å². The number of nitrogens with zero attached hydrogens (tertiary/aromatic N) is 3. The van der Waals surface area contributed by atoms with E-state index in [0.29, 0.717) is 17.6 Å². The molecule has 0 aliphatic carbocycles. The molecule has 0 saturated carbocycles. The summed E-state index contributed by atoms with van der Waals surface area (Å²) < 4.78 is 25.7. The maximum atomic E-state index is 11.5. The van der Waals surface area contributed by atoms with Crippen molar-refractivity contribution in [2.24, 2.45) is 15.4 Å². The zero-order chi connectivity index (χ0) is 23.6. The van der Waals surface area contributed by atoms with Gasteiger partial charge < -0.3 is 15.0 Å². The third-order valence-electron chi connectivity index (χ3n) is 4.81. The highest BCUT2D eigenvalue weighted by Gasteiger charge is 2.17. The summed E-state index contributed by atoms with van der Waals surface area (Å²) in [6, 6.07) is 21.2. The molecule has 4 aromatic rings. The summed E-state index contributed by atoms with van der Waals surface area (Å²) in [7, 11) is -3.85. The number of hydrogen-bond donors (Lipinski definition) is 3. The average molecular weight is 544 g/mol. The Morgan fingerprint density at radius 3 is 2.58 bits per heavy atom. The van der Waals surface area contributed by atoms with E-state index in [1.807, 2.05) is 48.5 Å². The molecule has 0 amide bonds. The van der Waals surface area contributed by atoms with E-state index in [2.05, 4.69) is 31.5 Å². The van der Waals surface area contributed by atoms with Gasteiger partial charge in [-0.15, -0.1) is 10.2 Å². The highest BCUT2D eigenvalue weighted by molar-refractivity contribution is 9.10. The van der Waals surface area contributed by atoms with E-state index in [9.17, 15) is 13.5 Å². The van der Waals surface area contributed by atoms with Crippen molar-refractivity contribution in [3.63, 3.8) is 0 Å². The Labute approximate surface area is 203 Å². The lowest BCUT2D eigenvalue weighted by molar-refractivity contribution is 0.429. The van der Waals surface area contributed by atoms with Gasteiger partial charge >= 0.3 is 0 Å². The predicted molar refractivity (Wildman–Crippen MR) is 135 cm³/mol. The fraction of sp³-hybridized carbons (Fsp3) is 0.0455. The lowest BCUT2D eigenvalue weighted by Crippen LogP contribution is -2.13. The minimum Gasteiger partial charge on any atom is -0.493 e. The van der Waals surface area contributed by atoms with Crippen molar-refractivity contribution < 1.29 is 13.5 Å². The maximum absolute atomic E-state index is 11.5. The summed E-state index contributed by atoms with van der Waals surface area (Å²) in [4.78, 5) is -0.0561. The van der Waals surface area contributed by atoms with Crippen LogP contribution in [0.5, 0.6) is 5.88 Å². The fourth-order valence-electron chi connectivity index (χ4n) is 3.31. The molecule has 11 heteroatoms. The van der Waals surface area contributed by atoms with Gasteiger partial charge in [-0.05, 0) is 54.2 Å². The van der Waals surface area contributed by atoms with Crippen molar-refractivity contribution in [3.8, 4) is 5.88 Å². The number of anilines is 1. The molecule has 0 aliphatic heterocycles. The smallest absolute Gasteiger partial charge is 0.238 e. The van der Waals surface area contributed by atoms with Crippen LogP contribution in [0.25, 0.3) is 10.9 Å². The standard InChI is InChI=1S/C22H18BrN5O3S2/c23-15-9-10-18-19(11-15)28(13-14-5-2-1-3-6-14)21(29)20(18)26-27-22(32)25-16-7-4-8-17(12-16)33(24,30)31/h1-12,29H,13H2,(H,25,32)(H2,24,30,31). The van der Waals surface area contributed by atoms with Crippen molar-refractivity contribution in [2.75, 3.05) is 5.32 Å². The first-order chi connectivity index (χ1) is 15.7. The summed E-state index contributed by atoms with van der Waals surface area (Å²) in [6.45, 7) is 0.443. The number of nitrogens with one attached hydrogen (secondary N) is 1. The Balaban J connectivity index is 1.65. The Hall–Kier alpha value is -3.12. The number of primary sulfonamides is 1. The SMILES string of the molecule is NS(=O)(=O)c1cccc(NC(=S)N=Nc2c(O)n(Cc3ccccc3)c3cc(Br)ccc23)c1. The van der Waals surface area contributed by atoms with Gasteiger partial charge in [-0.3, -0.25) is 0 Å². The van der Waals surface area contributed by atoms with Crippen LogP contribution in [0.3, 0.4) is 0 Å². The van der Waals surface area contributed by atoms with Crippen molar-refractivity contribution in [3.05, 3.63) is 82.8 Å². The lowest BCUT2D eigenvalue weighted by atomic mass is 10.2. The minimum absolute atomic E-state index is 0.0120. The second-order valence-corrected chi connectivity index (χ2v) is 9.97.